The number of fused-ring (bicyclic) bond motifs is 4. The van der Waals surface area contributed by atoms with E-state index in [0.29, 0.717) is 5.89 Å². The van der Waals surface area contributed by atoms with Crippen LogP contribution in [0.1, 0.15) is 70.5 Å². The second-order valence-electron chi connectivity index (χ2n) is 12.9. The van der Waals surface area contributed by atoms with E-state index < -0.39 is 0 Å². The third-order valence-electron chi connectivity index (χ3n) is 8.64. The SMILES string of the molecule is CC1=CCc2ccccc21.CC1=Cc2ccccc2C1.CC1=NCc2ccccc21.Cc1cnc2ccccc2c1.Cc1cncs1.Cc1nnco1. The van der Waals surface area contributed by atoms with Crippen LogP contribution in [0.3, 0.4) is 0 Å². The average molecular weight is 718 g/mol. The molecule has 0 amide bonds. The number of hydrogen-bond acceptors (Lipinski definition) is 7. The van der Waals surface area contributed by atoms with Gasteiger partial charge in [0.05, 0.1) is 17.6 Å². The molecule has 268 valence electrons. The van der Waals surface area contributed by atoms with Gasteiger partial charge in [-0.1, -0.05) is 109 Å². The topological polar surface area (TPSA) is 77.1 Å². The lowest BCUT2D eigenvalue weighted by molar-refractivity contribution is 0.518. The van der Waals surface area contributed by atoms with E-state index in [0.717, 1.165) is 24.9 Å². The number of aliphatic imine (C=N–C) groups is 1. The first kappa shape index (κ1) is 38.4. The van der Waals surface area contributed by atoms with Crippen molar-refractivity contribution in [1.29, 1.82) is 0 Å². The highest BCUT2D eigenvalue weighted by molar-refractivity contribution is 7.09. The highest BCUT2D eigenvalue weighted by Gasteiger charge is 2.09. The maximum absolute atomic E-state index is 4.61. The lowest BCUT2D eigenvalue weighted by atomic mass is 10.1. The maximum Gasteiger partial charge on any atom is 0.213 e. The monoisotopic (exact) mass is 717 g/mol. The summed E-state index contributed by atoms with van der Waals surface area (Å²) in [4.78, 5) is 13.7. The molecule has 0 radical (unpaired) electrons. The Labute approximate surface area is 317 Å². The predicted octanol–water partition coefficient (Wildman–Crippen LogP) is 11.7. The molecule has 10 rings (SSSR count). The number of para-hydroxylation sites is 1. The molecule has 4 heterocycles. The molecule has 0 saturated heterocycles. The van der Waals surface area contributed by atoms with Crippen LogP contribution in [0.5, 0.6) is 0 Å². The molecular weight excluding hydrogens is 671 g/mol. The highest BCUT2D eigenvalue weighted by atomic mass is 32.1. The van der Waals surface area contributed by atoms with Gasteiger partial charge in [-0.05, 0) is 98.5 Å². The molecule has 0 N–H and O–H groups in total. The van der Waals surface area contributed by atoms with Gasteiger partial charge in [-0.3, -0.25) is 15.0 Å². The van der Waals surface area contributed by atoms with E-state index in [1.807, 2.05) is 43.0 Å². The summed E-state index contributed by atoms with van der Waals surface area (Å²) in [5, 5.41) is 8.12. The van der Waals surface area contributed by atoms with E-state index in [2.05, 4.69) is 154 Å². The van der Waals surface area contributed by atoms with E-state index >= 15 is 0 Å². The quantitative estimate of drug-likeness (QED) is 0.156. The van der Waals surface area contributed by atoms with E-state index in [4.69, 9.17) is 0 Å². The summed E-state index contributed by atoms with van der Waals surface area (Å²) in [6, 6.07) is 35.8. The molecule has 6 nitrogen and oxygen atoms in total. The lowest BCUT2D eigenvalue weighted by Crippen LogP contribution is -1.89. The van der Waals surface area contributed by atoms with Crippen LogP contribution in [0.2, 0.25) is 0 Å². The molecule has 0 atom stereocenters. The van der Waals surface area contributed by atoms with Crippen molar-refractivity contribution >= 4 is 39.6 Å². The van der Waals surface area contributed by atoms with Crippen LogP contribution in [0, 0.1) is 20.8 Å². The van der Waals surface area contributed by atoms with Crippen molar-refractivity contribution in [2.75, 3.05) is 0 Å². The zero-order chi connectivity index (χ0) is 37.4. The van der Waals surface area contributed by atoms with Crippen LogP contribution < -0.4 is 0 Å². The Morgan fingerprint density at radius 3 is 2.02 bits per heavy atom. The van der Waals surface area contributed by atoms with Gasteiger partial charge in [0, 0.05) is 40.9 Å². The zero-order valence-corrected chi connectivity index (χ0v) is 32.3. The minimum atomic E-state index is 0.606. The summed E-state index contributed by atoms with van der Waals surface area (Å²) in [6.45, 7) is 13.1. The molecule has 0 saturated carbocycles. The summed E-state index contributed by atoms with van der Waals surface area (Å²) in [5.74, 6) is 0.606. The molecular formula is C46H47N5OS. The standard InChI is InChI=1S/C10H9N.2C10H10.C9H9N.C4H5NS.C3H4N2O/c1-8-6-9-4-2-3-5-10(9)11-7-8;1-8-6-9-4-2-3-5-10(9)7-8;1-8-6-7-9-4-2-3-5-10(8)9;1-7-9-5-3-2-4-8(9)6-10-7;1-4-2-5-3-6-4;1-3-5-4-2-6-3/h2-7H,1H3;2*2-6H,7H2,1H3;2-5H,6H2,1H3;2-3H,1H3;2H,1H3. The largest absolute Gasteiger partial charge is 0.428 e. The predicted molar refractivity (Wildman–Crippen MR) is 222 cm³/mol. The van der Waals surface area contributed by atoms with Crippen molar-refractivity contribution in [3.8, 4) is 0 Å². The summed E-state index contributed by atoms with van der Waals surface area (Å²) < 4.78 is 4.61. The number of allylic oxidation sites excluding steroid dienone is 3. The minimum absolute atomic E-state index is 0.606. The Morgan fingerprint density at radius 2 is 1.40 bits per heavy atom. The third kappa shape index (κ3) is 11.9. The molecule has 0 spiro atoms. The molecule has 4 aromatic carbocycles. The van der Waals surface area contributed by atoms with Gasteiger partial charge in [0.15, 0.2) is 0 Å². The fraction of sp³-hybridized carbons (Fsp3) is 0.196. The van der Waals surface area contributed by atoms with Gasteiger partial charge in [0.2, 0.25) is 12.3 Å². The number of benzene rings is 4. The summed E-state index contributed by atoms with van der Waals surface area (Å²) in [5.41, 5.74) is 16.6. The van der Waals surface area contributed by atoms with Gasteiger partial charge in [-0.25, -0.2) is 0 Å². The molecule has 3 aromatic heterocycles. The van der Waals surface area contributed by atoms with E-state index in [-0.39, 0.29) is 0 Å². The Morgan fingerprint density at radius 1 is 0.698 bits per heavy atom. The second-order valence-corrected chi connectivity index (χ2v) is 14.0. The number of aromatic nitrogens is 4. The van der Waals surface area contributed by atoms with Crippen molar-refractivity contribution in [3.05, 3.63) is 189 Å². The molecule has 1 aliphatic heterocycles. The number of pyridine rings is 1. The van der Waals surface area contributed by atoms with Crippen molar-refractivity contribution in [2.24, 2.45) is 4.99 Å². The summed E-state index contributed by atoms with van der Waals surface area (Å²) in [6.07, 6.45) is 11.9. The Kier molecular flexibility index (Phi) is 14.3. The zero-order valence-electron chi connectivity index (χ0n) is 31.5. The van der Waals surface area contributed by atoms with Crippen molar-refractivity contribution in [1.82, 2.24) is 20.2 Å². The van der Waals surface area contributed by atoms with Crippen molar-refractivity contribution in [3.63, 3.8) is 0 Å². The van der Waals surface area contributed by atoms with Crippen LogP contribution >= 0.6 is 11.3 Å². The fourth-order valence-electron chi connectivity index (χ4n) is 5.90. The Bertz CT molecular complexity index is 2190. The summed E-state index contributed by atoms with van der Waals surface area (Å²) in [7, 11) is 0. The van der Waals surface area contributed by atoms with Gasteiger partial charge < -0.3 is 4.42 Å². The maximum atomic E-state index is 4.61. The number of hydrogen-bond donors (Lipinski definition) is 0. The van der Waals surface area contributed by atoms with Crippen molar-refractivity contribution < 1.29 is 4.42 Å². The van der Waals surface area contributed by atoms with Gasteiger partial charge >= 0.3 is 0 Å². The van der Waals surface area contributed by atoms with Gasteiger partial charge in [0.25, 0.3) is 0 Å². The number of rotatable bonds is 0. The highest BCUT2D eigenvalue weighted by Crippen LogP contribution is 2.26. The molecule has 0 fully saturated rings. The van der Waals surface area contributed by atoms with Crippen LogP contribution in [0.15, 0.2) is 148 Å². The van der Waals surface area contributed by atoms with Crippen LogP contribution in [0.4, 0.5) is 0 Å². The fourth-order valence-corrected chi connectivity index (χ4v) is 6.31. The Hall–Kier alpha value is -5.79. The number of thiazole rings is 1. The van der Waals surface area contributed by atoms with E-state index in [1.54, 1.807) is 18.3 Å². The molecule has 53 heavy (non-hydrogen) atoms. The molecule has 0 bridgehead atoms. The van der Waals surface area contributed by atoms with Gasteiger partial charge in [0.1, 0.15) is 0 Å². The molecule has 0 unspecified atom stereocenters. The average Bonchev–Trinajstić information content (AvgIpc) is 4.04. The van der Waals surface area contributed by atoms with Crippen LogP contribution in [0.25, 0.3) is 22.6 Å². The first-order valence-corrected chi connectivity index (χ1v) is 18.6. The lowest BCUT2D eigenvalue weighted by Gasteiger charge is -1.97. The number of aryl methyl sites for hydroxylation is 3. The second kappa shape index (κ2) is 19.7. The smallest absolute Gasteiger partial charge is 0.213 e. The molecule has 7 aromatic rings. The molecule has 2 aliphatic carbocycles. The van der Waals surface area contributed by atoms with E-state index in [1.165, 1.54) is 72.5 Å². The first-order chi connectivity index (χ1) is 25.8. The molecule has 7 heteroatoms. The normalized spacial score (nSPS) is 12.5. The van der Waals surface area contributed by atoms with Crippen LogP contribution in [-0.2, 0) is 19.4 Å². The first-order valence-electron chi connectivity index (χ1n) is 17.8. The third-order valence-corrected chi connectivity index (χ3v) is 9.35. The number of nitrogens with zero attached hydrogens (tertiary/aromatic N) is 5. The Balaban J connectivity index is 0.000000124. The van der Waals surface area contributed by atoms with E-state index in [9.17, 15) is 0 Å². The summed E-state index contributed by atoms with van der Waals surface area (Å²) >= 11 is 1.67. The van der Waals surface area contributed by atoms with Gasteiger partial charge in [-0.15, -0.1) is 21.5 Å². The molecule has 3 aliphatic rings. The van der Waals surface area contributed by atoms with Crippen molar-refractivity contribution in [2.45, 2.75) is 60.9 Å². The van der Waals surface area contributed by atoms with Crippen LogP contribution in [-0.4, -0.2) is 25.9 Å². The minimum Gasteiger partial charge on any atom is -0.428 e. The van der Waals surface area contributed by atoms with Gasteiger partial charge in [-0.2, -0.15) is 0 Å².